The predicted octanol–water partition coefficient (Wildman–Crippen LogP) is 1.32. The Balaban J connectivity index is 1.32. The number of nitrogens with zero attached hydrogens (tertiary/aromatic N) is 2. The van der Waals surface area contributed by atoms with Crippen LogP contribution in [-0.2, 0) is 4.74 Å². The van der Waals surface area contributed by atoms with Crippen LogP contribution in [0.3, 0.4) is 0 Å². The topological polar surface area (TPSA) is 118 Å². The molecule has 176 valence electrons. The van der Waals surface area contributed by atoms with Gasteiger partial charge in [0.05, 0.1) is 0 Å². The average molecular weight is 471 g/mol. The molecule has 3 aliphatic rings. The Morgan fingerprint density at radius 1 is 1.30 bits per heavy atom. The average Bonchev–Trinajstić information content (AvgIpc) is 3.22. The summed E-state index contributed by atoms with van der Waals surface area (Å²) in [5, 5.41) is 20.4. The van der Waals surface area contributed by atoms with E-state index in [2.05, 4.69) is 31.9 Å². The van der Waals surface area contributed by atoms with Gasteiger partial charge in [-0.3, -0.25) is 0 Å². The number of methoxy groups -OCH3 is 1. The molecule has 10 heteroatoms. The molecule has 3 aliphatic heterocycles. The van der Waals surface area contributed by atoms with Crippen molar-refractivity contribution in [3.8, 4) is 11.8 Å². The van der Waals surface area contributed by atoms with Gasteiger partial charge in [-0.05, 0) is 0 Å². The maximum atomic E-state index is 11.5. The van der Waals surface area contributed by atoms with Gasteiger partial charge < -0.3 is 0 Å². The van der Waals surface area contributed by atoms with Gasteiger partial charge in [-0.2, -0.15) is 0 Å². The molecule has 1 unspecified atom stereocenters. The van der Waals surface area contributed by atoms with Gasteiger partial charge in [0.1, 0.15) is 0 Å². The van der Waals surface area contributed by atoms with Crippen LogP contribution in [0.25, 0.3) is 5.70 Å². The van der Waals surface area contributed by atoms with E-state index in [1.165, 1.54) is 0 Å². The number of fused-ring (bicyclic) bond motifs is 1. The number of anilines is 2. The first-order valence-electron chi connectivity index (χ1n) is 11.3. The molecular weight excluding hydrogens is 439 g/mol. The molecule has 4 heterocycles. The molecule has 0 saturated carbocycles. The van der Waals surface area contributed by atoms with Gasteiger partial charge in [-0.15, -0.1) is 0 Å². The van der Waals surface area contributed by atoms with Crippen molar-refractivity contribution in [3.63, 3.8) is 0 Å². The Morgan fingerprint density at radius 3 is 2.73 bits per heavy atom. The van der Waals surface area contributed by atoms with Crippen LogP contribution in [0.2, 0.25) is 0 Å². The quantitative estimate of drug-likeness (QED) is 0.402. The third-order valence-electron chi connectivity index (χ3n) is 6.98. The van der Waals surface area contributed by atoms with Crippen molar-refractivity contribution in [3.05, 3.63) is 41.6 Å². The van der Waals surface area contributed by atoms with Crippen LogP contribution in [0.5, 0.6) is 5.75 Å². The molecule has 5 N–H and O–H groups in total. The van der Waals surface area contributed by atoms with E-state index >= 15 is 0 Å². The zero-order valence-corrected chi connectivity index (χ0v) is 19.9. The molecule has 0 spiro atoms. The van der Waals surface area contributed by atoms with E-state index in [9.17, 15) is 10.2 Å². The van der Waals surface area contributed by atoms with E-state index in [0.717, 1.165) is 66.7 Å². The zero-order valence-electron chi connectivity index (χ0n) is 18.9. The number of H-pyrrole nitrogens is 1. The van der Waals surface area contributed by atoms with Gasteiger partial charge in [0.2, 0.25) is 0 Å². The van der Waals surface area contributed by atoms with Crippen LogP contribution in [0, 0.1) is 11.3 Å². The van der Waals surface area contributed by atoms with Crippen molar-refractivity contribution in [2.75, 3.05) is 63.4 Å². The summed E-state index contributed by atoms with van der Waals surface area (Å²) in [6, 6.07) is 8.77. The van der Waals surface area contributed by atoms with Crippen molar-refractivity contribution in [2.24, 2.45) is 0 Å². The summed E-state index contributed by atoms with van der Waals surface area (Å²) in [6.07, 6.45) is 5.16. The van der Waals surface area contributed by atoms with E-state index < -0.39 is 7.49 Å². The molecule has 0 amide bonds. The normalized spacial score (nSPS) is 23.2. The molecule has 5 rings (SSSR count). The van der Waals surface area contributed by atoms with Crippen molar-refractivity contribution in [1.82, 2.24) is 15.2 Å². The molecule has 0 aliphatic carbocycles. The zero-order chi connectivity index (χ0) is 23.0. The molecule has 33 heavy (non-hydrogen) atoms. The van der Waals surface area contributed by atoms with Gasteiger partial charge >= 0.3 is 194 Å². The van der Waals surface area contributed by atoms with Crippen LogP contribution < -0.4 is 26.0 Å². The number of hydrogen-bond donors (Lipinski definition) is 5. The Kier molecular flexibility index (Phi) is 5.94. The molecule has 1 aromatic carbocycles. The second-order valence-corrected chi connectivity index (χ2v) is 12.5. The van der Waals surface area contributed by atoms with E-state index in [0.29, 0.717) is 17.4 Å². The number of benzene rings is 1. The van der Waals surface area contributed by atoms with Crippen LogP contribution in [0.4, 0.5) is 11.5 Å². The Bertz CT molecular complexity index is 1100. The van der Waals surface area contributed by atoms with Gasteiger partial charge in [0.25, 0.3) is 0 Å². The molecular formula is C23H31N6O3P. The molecule has 2 fully saturated rings. The molecule has 1 atom stereocenters. The summed E-state index contributed by atoms with van der Waals surface area (Å²) in [4.78, 5) is 17.1. The van der Waals surface area contributed by atoms with E-state index in [4.69, 9.17) is 9.47 Å². The molecule has 2 saturated heterocycles. The molecule has 0 radical (unpaired) electrons. The summed E-state index contributed by atoms with van der Waals surface area (Å²) in [5.41, 5.74) is 3.14. The van der Waals surface area contributed by atoms with E-state index in [1.54, 1.807) is 13.3 Å². The molecule has 0 bridgehead atoms. The van der Waals surface area contributed by atoms with Crippen LogP contribution in [-0.4, -0.2) is 79.8 Å². The second-order valence-electron chi connectivity index (χ2n) is 8.83. The first-order valence-corrected chi connectivity index (χ1v) is 13.7. The number of ether oxygens (including phenoxy) is 2. The Morgan fingerprint density at radius 2 is 2.09 bits per heavy atom. The first-order chi connectivity index (χ1) is 16.0. The van der Waals surface area contributed by atoms with Crippen molar-refractivity contribution >= 4 is 30.0 Å². The van der Waals surface area contributed by atoms with E-state index in [1.807, 2.05) is 31.3 Å². The summed E-state index contributed by atoms with van der Waals surface area (Å²) in [7, 11) is 0.956. The molecule has 2 aromatic rings. The summed E-state index contributed by atoms with van der Waals surface area (Å²) in [5.74, 6) is 1.50. The number of aromatic nitrogens is 1. The van der Waals surface area contributed by atoms with Gasteiger partial charge in [-0.25, -0.2) is 0 Å². The van der Waals surface area contributed by atoms with Crippen LogP contribution in [0.15, 0.2) is 30.5 Å². The summed E-state index contributed by atoms with van der Waals surface area (Å²) >= 11 is 0. The SMILES string of the molecule is CNC1=CC(Nc2ccc([PH]3(O)CCN(C4COC4)CC3)cc2OC)Nc2[nH]cc(C#N)c21. The Hall–Kier alpha value is -2.76. The standard InChI is InChI=1S/C23H31N6O3P/c1-25-19-10-21(28-23-22(19)15(11-24)12-26-23)27-18-4-3-17(9-20(18)31-2)33(30)7-5-29(6-8-33)16-13-32-14-16/h3-4,9-10,12,16,21,25-28,30,33H,5-8,13-14H2,1-2H3. The van der Waals surface area contributed by atoms with Gasteiger partial charge in [-0.1, -0.05) is 0 Å². The predicted molar refractivity (Wildman–Crippen MR) is 133 cm³/mol. The minimum atomic E-state index is -2.54. The van der Waals surface area contributed by atoms with Crippen molar-refractivity contribution in [1.29, 1.82) is 5.26 Å². The third-order valence-corrected chi connectivity index (χ3v) is 10.5. The monoisotopic (exact) mass is 470 g/mol. The number of hydrogen-bond acceptors (Lipinski definition) is 8. The van der Waals surface area contributed by atoms with Crippen molar-refractivity contribution < 1.29 is 14.4 Å². The number of aromatic amines is 1. The fourth-order valence-electron chi connectivity index (χ4n) is 4.89. The number of nitriles is 1. The number of nitrogens with one attached hydrogen (secondary N) is 4. The maximum absolute atomic E-state index is 11.5. The first kappa shape index (κ1) is 22.1. The van der Waals surface area contributed by atoms with Crippen LogP contribution in [0.1, 0.15) is 11.1 Å². The fraction of sp³-hybridized carbons (Fsp3) is 0.435. The molecule has 1 aromatic heterocycles. The third kappa shape index (κ3) is 4.04. The van der Waals surface area contributed by atoms with Crippen LogP contribution >= 0.6 is 7.49 Å². The second kappa shape index (κ2) is 8.88. The van der Waals surface area contributed by atoms with Gasteiger partial charge in [0, 0.05) is 0 Å². The number of rotatable bonds is 6. The summed E-state index contributed by atoms with van der Waals surface area (Å²) < 4.78 is 11.0. The summed E-state index contributed by atoms with van der Waals surface area (Å²) in [6.45, 7) is 3.47. The minimum absolute atomic E-state index is 0.210. The fourth-order valence-corrected chi connectivity index (χ4v) is 7.82. The van der Waals surface area contributed by atoms with E-state index in [-0.39, 0.29) is 6.17 Å². The molecule has 9 nitrogen and oxygen atoms in total. The van der Waals surface area contributed by atoms with Crippen molar-refractivity contribution in [2.45, 2.75) is 12.2 Å². The van der Waals surface area contributed by atoms with Gasteiger partial charge in [0.15, 0.2) is 0 Å². The Labute approximate surface area is 194 Å².